The maximum absolute atomic E-state index is 12.3. The predicted molar refractivity (Wildman–Crippen MR) is 135 cm³/mol. The Kier molecular flexibility index (Phi) is 11.0. The summed E-state index contributed by atoms with van der Waals surface area (Å²) in [6.45, 7) is 8.48. The van der Waals surface area contributed by atoms with Gasteiger partial charge < -0.3 is 19.5 Å². The normalized spacial score (nSPS) is 21.7. The number of cyclic esters (lactones) is 1. The zero-order valence-corrected chi connectivity index (χ0v) is 21.9. The Bertz CT molecular complexity index is 912. The number of esters is 2. The number of hydrogen-bond donors (Lipinski definition) is 1. The van der Waals surface area contributed by atoms with Crippen molar-refractivity contribution in [3.05, 3.63) is 46.6 Å². The van der Waals surface area contributed by atoms with Crippen molar-refractivity contribution in [2.24, 2.45) is 5.92 Å². The van der Waals surface area contributed by atoms with Crippen molar-refractivity contribution in [1.29, 1.82) is 0 Å². The fourth-order valence-corrected chi connectivity index (χ4v) is 4.48. The van der Waals surface area contributed by atoms with E-state index in [1.807, 2.05) is 6.08 Å². The van der Waals surface area contributed by atoms with Crippen LogP contribution < -0.4 is 0 Å². The molecular weight excluding hydrogens is 446 g/mol. The molecule has 2 aliphatic heterocycles. The summed E-state index contributed by atoms with van der Waals surface area (Å²) >= 11 is 0. The van der Waals surface area contributed by atoms with Gasteiger partial charge in [-0.15, -0.1) is 0 Å². The molecule has 7 nitrogen and oxygen atoms in total. The fraction of sp³-hybridized carbons (Fsp3) is 0.607. The molecule has 194 valence electrons. The number of hydrogen-bond acceptors (Lipinski definition) is 6. The first-order valence-electron chi connectivity index (χ1n) is 12.5. The van der Waals surface area contributed by atoms with E-state index in [4.69, 9.17) is 4.74 Å². The number of allylic oxidation sites excluding steroid dienone is 4. The lowest BCUT2D eigenvalue weighted by Gasteiger charge is -2.23. The average molecular weight is 488 g/mol. The molecule has 7 heteroatoms. The van der Waals surface area contributed by atoms with E-state index in [2.05, 4.69) is 37.7 Å². The lowest BCUT2D eigenvalue weighted by atomic mass is 9.94. The van der Waals surface area contributed by atoms with Crippen LogP contribution in [0, 0.1) is 5.92 Å². The number of carbonyl (C=O) groups excluding carboxylic acids is 3. The van der Waals surface area contributed by atoms with Gasteiger partial charge in [0.05, 0.1) is 7.11 Å². The molecule has 0 saturated heterocycles. The summed E-state index contributed by atoms with van der Waals surface area (Å²) < 4.78 is 9.72. The van der Waals surface area contributed by atoms with Crippen LogP contribution in [0.4, 0.5) is 0 Å². The average Bonchev–Trinajstić information content (AvgIpc) is 3.25. The van der Waals surface area contributed by atoms with Crippen LogP contribution in [-0.4, -0.2) is 53.8 Å². The quantitative estimate of drug-likeness (QED) is 0.280. The molecule has 2 heterocycles. The summed E-state index contributed by atoms with van der Waals surface area (Å²) in [4.78, 5) is 36.7. The van der Waals surface area contributed by atoms with Gasteiger partial charge in [0.2, 0.25) is 11.7 Å². The molecule has 2 rings (SSSR count). The highest BCUT2D eigenvalue weighted by molar-refractivity contribution is 5.97. The molecule has 0 aliphatic carbocycles. The Morgan fingerprint density at radius 1 is 1.23 bits per heavy atom. The number of nitrogens with zero attached hydrogens (tertiary/aromatic N) is 1. The minimum atomic E-state index is -1.45. The van der Waals surface area contributed by atoms with Gasteiger partial charge in [-0.2, -0.15) is 0 Å². The summed E-state index contributed by atoms with van der Waals surface area (Å²) in [5.41, 5.74) is 3.91. The van der Waals surface area contributed by atoms with Gasteiger partial charge in [0.25, 0.3) is 0 Å². The van der Waals surface area contributed by atoms with E-state index in [-0.39, 0.29) is 18.4 Å². The number of ether oxygens (including phenoxy) is 2. The van der Waals surface area contributed by atoms with E-state index < -0.39 is 17.7 Å². The molecule has 0 radical (unpaired) electrons. The Labute approximate surface area is 209 Å². The Morgan fingerprint density at radius 3 is 2.57 bits per heavy atom. The third-order valence-electron chi connectivity index (χ3n) is 6.55. The van der Waals surface area contributed by atoms with Crippen molar-refractivity contribution in [1.82, 2.24) is 4.90 Å². The van der Waals surface area contributed by atoms with Gasteiger partial charge in [-0.3, -0.25) is 9.59 Å². The molecule has 35 heavy (non-hydrogen) atoms. The smallest absolute Gasteiger partial charge is 0.336 e. The fourth-order valence-electron chi connectivity index (χ4n) is 4.48. The molecule has 0 fully saturated rings. The van der Waals surface area contributed by atoms with Crippen molar-refractivity contribution in [3.8, 4) is 0 Å². The maximum Gasteiger partial charge on any atom is 0.336 e. The molecule has 1 N–H and O–H groups in total. The number of amides is 1. The van der Waals surface area contributed by atoms with E-state index in [1.54, 1.807) is 6.92 Å². The highest BCUT2D eigenvalue weighted by atomic mass is 16.7. The first kappa shape index (κ1) is 28.6. The summed E-state index contributed by atoms with van der Waals surface area (Å²) in [5.74, 6) is -2.10. The van der Waals surface area contributed by atoms with Gasteiger partial charge in [0.1, 0.15) is 6.54 Å². The topological polar surface area (TPSA) is 93.1 Å². The van der Waals surface area contributed by atoms with Crippen LogP contribution in [0.1, 0.15) is 79.1 Å². The van der Waals surface area contributed by atoms with Crippen LogP contribution >= 0.6 is 0 Å². The first-order valence-corrected chi connectivity index (χ1v) is 12.5. The van der Waals surface area contributed by atoms with E-state index >= 15 is 0 Å². The minimum absolute atomic E-state index is 0.00345. The van der Waals surface area contributed by atoms with Gasteiger partial charge in [0, 0.05) is 24.1 Å². The van der Waals surface area contributed by atoms with Crippen LogP contribution in [0.2, 0.25) is 0 Å². The third kappa shape index (κ3) is 9.48. The van der Waals surface area contributed by atoms with Gasteiger partial charge >= 0.3 is 11.9 Å². The molecule has 0 saturated carbocycles. The summed E-state index contributed by atoms with van der Waals surface area (Å²) in [6.07, 6.45) is 14.8. The first-order chi connectivity index (χ1) is 16.5. The van der Waals surface area contributed by atoms with Crippen LogP contribution in [0.5, 0.6) is 0 Å². The zero-order chi connectivity index (χ0) is 26.0. The van der Waals surface area contributed by atoms with Gasteiger partial charge in [-0.1, -0.05) is 42.7 Å². The summed E-state index contributed by atoms with van der Waals surface area (Å²) in [5, 5.41) is 10.4. The number of aliphatic hydroxyl groups is 1. The lowest BCUT2D eigenvalue weighted by Crippen LogP contribution is -2.33. The molecule has 1 unspecified atom stereocenters. The SMILES string of the molecule is COC(=O)CN1CC=C(CC/C=C(\C)CC/C=C(\C)CCC[C@@H](C)CC2(O)C=C(C)C(=O)O2)C1=O. The van der Waals surface area contributed by atoms with Gasteiger partial charge in [0.15, 0.2) is 0 Å². The Balaban J connectivity index is 1.61. The molecule has 1 amide bonds. The molecule has 0 bridgehead atoms. The van der Waals surface area contributed by atoms with Crippen molar-refractivity contribution >= 4 is 17.8 Å². The van der Waals surface area contributed by atoms with Gasteiger partial charge in [-0.25, -0.2) is 4.79 Å². The molecule has 0 aromatic rings. The molecule has 0 aromatic carbocycles. The number of rotatable bonds is 14. The molecule has 2 atom stereocenters. The van der Waals surface area contributed by atoms with Crippen molar-refractivity contribution in [3.63, 3.8) is 0 Å². The van der Waals surface area contributed by atoms with Gasteiger partial charge in [-0.05, 0) is 71.3 Å². The monoisotopic (exact) mass is 487 g/mol. The standard InChI is InChI=1S/C28H41NO6/c1-20(11-7-13-22(3)17-28(33)18-23(4)27(32)35-28)9-6-10-21(2)12-8-14-24-15-16-29(26(24)31)19-25(30)34-5/h9,12,15,18,22,33H,6-8,10-11,13-14,16-17,19H2,1-5H3/b20-9+,21-12+/t22-,28?/m1/s1. The maximum atomic E-state index is 12.3. The summed E-state index contributed by atoms with van der Waals surface area (Å²) in [6, 6.07) is 0. The zero-order valence-electron chi connectivity index (χ0n) is 21.9. The van der Waals surface area contributed by atoms with Crippen LogP contribution in [0.3, 0.4) is 0 Å². The second-order valence-corrected chi connectivity index (χ2v) is 9.93. The highest BCUT2D eigenvalue weighted by Gasteiger charge is 2.37. The molecule has 0 spiro atoms. The van der Waals surface area contributed by atoms with E-state index in [0.29, 0.717) is 25.0 Å². The second kappa shape index (κ2) is 13.4. The van der Waals surface area contributed by atoms with Crippen LogP contribution in [0.15, 0.2) is 46.6 Å². The third-order valence-corrected chi connectivity index (χ3v) is 6.55. The summed E-state index contributed by atoms with van der Waals surface area (Å²) in [7, 11) is 1.32. The minimum Gasteiger partial charge on any atom is -0.468 e. The predicted octanol–water partition coefficient (Wildman–Crippen LogP) is 4.77. The Hall–Kier alpha value is -2.67. The van der Waals surface area contributed by atoms with Crippen molar-refractivity contribution in [2.75, 3.05) is 20.2 Å². The van der Waals surface area contributed by atoms with Crippen LogP contribution in [0.25, 0.3) is 0 Å². The Morgan fingerprint density at radius 2 is 1.91 bits per heavy atom. The largest absolute Gasteiger partial charge is 0.468 e. The van der Waals surface area contributed by atoms with E-state index in [1.165, 1.54) is 29.2 Å². The van der Waals surface area contributed by atoms with Crippen molar-refractivity contribution < 1.29 is 29.0 Å². The molecule has 0 aromatic heterocycles. The van der Waals surface area contributed by atoms with Crippen molar-refractivity contribution in [2.45, 2.75) is 84.8 Å². The molecular formula is C28H41NO6. The van der Waals surface area contributed by atoms with E-state index in [9.17, 15) is 19.5 Å². The van der Waals surface area contributed by atoms with Crippen LogP contribution in [-0.2, 0) is 23.9 Å². The highest BCUT2D eigenvalue weighted by Crippen LogP contribution is 2.30. The number of carbonyl (C=O) groups is 3. The van der Waals surface area contributed by atoms with E-state index in [0.717, 1.165) is 44.1 Å². The molecule has 2 aliphatic rings. The number of methoxy groups -OCH3 is 1. The lowest BCUT2D eigenvalue weighted by molar-refractivity contribution is -0.183. The second-order valence-electron chi connectivity index (χ2n) is 9.93.